The number of carbonyl (C=O) groups excluding carboxylic acids is 1. The number of aromatic nitrogens is 1. The number of hydrogen-bond acceptors (Lipinski definition) is 7. The molecule has 0 spiro atoms. The van der Waals surface area contributed by atoms with Gasteiger partial charge in [0.25, 0.3) is 5.91 Å². The first-order valence-corrected chi connectivity index (χ1v) is 15.9. The highest BCUT2D eigenvalue weighted by Crippen LogP contribution is 2.35. The summed E-state index contributed by atoms with van der Waals surface area (Å²) in [5.41, 5.74) is 1.29. The Morgan fingerprint density at radius 1 is 1.05 bits per heavy atom. The standard InChI is InChI=1S/C31H34F3N3O5S/c1-2-43(39,40)28-12-3-21(4-13-28)15-36-30(38)23-8-14-29(35-16-23)37-17-24(7-11-26(37)18-42-27-19-41-20-27)22-5-9-25(10-6-22)31(32,33)34/h3-6,8-10,12-14,16,24,26-27H,2,7,11,15,17-20H2,1H3,(H,36,38)/t24?,26-/m0/s1. The van der Waals surface area contributed by atoms with Gasteiger partial charge in [-0.3, -0.25) is 4.79 Å². The van der Waals surface area contributed by atoms with Gasteiger partial charge in [0.1, 0.15) is 11.9 Å². The van der Waals surface area contributed by atoms with Gasteiger partial charge in [-0.2, -0.15) is 13.2 Å². The number of amides is 1. The molecular formula is C31H34F3N3O5S. The van der Waals surface area contributed by atoms with Crippen LogP contribution in [0, 0.1) is 0 Å². The van der Waals surface area contributed by atoms with E-state index >= 15 is 0 Å². The predicted octanol–water partition coefficient (Wildman–Crippen LogP) is 4.99. The third-order valence-corrected chi connectivity index (χ3v) is 9.72. The van der Waals surface area contributed by atoms with E-state index < -0.39 is 21.6 Å². The molecule has 230 valence electrons. The lowest BCUT2D eigenvalue weighted by atomic mass is 9.87. The lowest BCUT2D eigenvalue weighted by molar-refractivity contribution is -0.137. The Balaban J connectivity index is 1.25. The van der Waals surface area contributed by atoms with Gasteiger partial charge >= 0.3 is 6.18 Å². The first-order chi connectivity index (χ1) is 20.5. The summed E-state index contributed by atoms with van der Waals surface area (Å²) >= 11 is 0. The number of pyridine rings is 1. The van der Waals surface area contributed by atoms with Crippen molar-refractivity contribution in [2.75, 3.05) is 37.0 Å². The van der Waals surface area contributed by atoms with Crippen molar-refractivity contribution in [3.8, 4) is 0 Å². The lowest BCUT2D eigenvalue weighted by Gasteiger charge is -2.41. The number of benzene rings is 2. The zero-order valence-corrected chi connectivity index (χ0v) is 24.5. The number of halogens is 3. The minimum absolute atomic E-state index is 0.00838. The summed E-state index contributed by atoms with van der Waals surface area (Å²) in [6.07, 6.45) is -1.27. The fourth-order valence-electron chi connectivity index (χ4n) is 5.21. The van der Waals surface area contributed by atoms with Crippen LogP contribution in [0.15, 0.2) is 71.8 Å². The van der Waals surface area contributed by atoms with Crippen LogP contribution in [0.2, 0.25) is 0 Å². The molecule has 8 nitrogen and oxygen atoms in total. The average Bonchev–Trinajstić information content (AvgIpc) is 2.99. The van der Waals surface area contributed by atoms with Crippen LogP contribution in [-0.2, 0) is 32.0 Å². The van der Waals surface area contributed by atoms with Crippen molar-refractivity contribution >= 4 is 21.6 Å². The molecule has 0 saturated carbocycles. The smallest absolute Gasteiger partial charge is 0.376 e. The molecule has 3 heterocycles. The summed E-state index contributed by atoms with van der Waals surface area (Å²) in [6.45, 7) is 3.94. The summed E-state index contributed by atoms with van der Waals surface area (Å²) < 4.78 is 74.5. The van der Waals surface area contributed by atoms with Gasteiger partial charge in [0.05, 0.1) is 47.6 Å². The van der Waals surface area contributed by atoms with Crippen LogP contribution >= 0.6 is 0 Å². The molecule has 0 radical (unpaired) electrons. The second kappa shape index (κ2) is 13.0. The van der Waals surface area contributed by atoms with Crippen molar-refractivity contribution in [3.05, 3.63) is 89.1 Å². The lowest BCUT2D eigenvalue weighted by Crippen LogP contribution is -2.48. The number of ether oxygens (including phenoxy) is 2. The van der Waals surface area contributed by atoms with Crippen molar-refractivity contribution in [1.29, 1.82) is 0 Å². The minimum Gasteiger partial charge on any atom is -0.376 e. The van der Waals surface area contributed by atoms with E-state index in [-0.39, 0.29) is 41.2 Å². The maximum absolute atomic E-state index is 13.1. The fraction of sp³-hybridized carbons (Fsp3) is 0.419. The van der Waals surface area contributed by atoms with Crippen molar-refractivity contribution in [3.63, 3.8) is 0 Å². The van der Waals surface area contributed by atoms with Crippen LogP contribution in [-0.4, -0.2) is 63.6 Å². The molecular weight excluding hydrogens is 583 g/mol. The second-order valence-corrected chi connectivity index (χ2v) is 13.1. The number of sulfone groups is 1. The fourth-order valence-corrected chi connectivity index (χ4v) is 6.09. The van der Waals surface area contributed by atoms with E-state index in [9.17, 15) is 26.4 Å². The van der Waals surface area contributed by atoms with E-state index in [1.54, 1.807) is 43.3 Å². The molecule has 2 aliphatic heterocycles. The molecule has 2 atom stereocenters. The summed E-state index contributed by atoms with van der Waals surface area (Å²) in [7, 11) is -3.29. The molecule has 0 aliphatic carbocycles. The molecule has 2 fully saturated rings. The van der Waals surface area contributed by atoms with Gasteiger partial charge < -0.3 is 19.7 Å². The van der Waals surface area contributed by atoms with Gasteiger partial charge in [0, 0.05) is 25.2 Å². The summed E-state index contributed by atoms with van der Waals surface area (Å²) in [5, 5.41) is 2.83. The van der Waals surface area contributed by atoms with Gasteiger partial charge in [0.15, 0.2) is 9.84 Å². The first-order valence-electron chi connectivity index (χ1n) is 14.2. The van der Waals surface area contributed by atoms with Gasteiger partial charge in [-0.1, -0.05) is 31.2 Å². The third-order valence-electron chi connectivity index (χ3n) is 7.97. The van der Waals surface area contributed by atoms with Crippen molar-refractivity contribution in [2.45, 2.75) is 55.4 Å². The number of nitrogens with zero attached hydrogens (tertiary/aromatic N) is 2. The largest absolute Gasteiger partial charge is 0.416 e. The number of carbonyl (C=O) groups is 1. The van der Waals surface area contributed by atoms with Crippen molar-refractivity contribution in [2.24, 2.45) is 0 Å². The maximum atomic E-state index is 13.1. The highest BCUT2D eigenvalue weighted by Gasteiger charge is 2.33. The molecule has 0 bridgehead atoms. The van der Waals surface area contributed by atoms with Gasteiger partial charge in [0.2, 0.25) is 0 Å². The second-order valence-electron chi connectivity index (χ2n) is 10.8. The zero-order chi connectivity index (χ0) is 30.6. The van der Waals surface area contributed by atoms with Gasteiger partial charge in [-0.15, -0.1) is 0 Å². The molecule has 1 unspecified atom stereocenters. The Morgan fingerprint density at radius 2 is 1.77 bits per heavy atom. The number of piperidine rings is 1. The zero-order valence-electron chi connectivity index (χ0n) is 23.7. The molecule has 3 aromatic rings. The Bertz CT molecular complexity index is 1490. The van der Waals surface area contributed by atoms with E-state index in [1.807, 2.05) is 0 Å². The van der Waals surface area contributed by atoms with Crippen LogP contribution in [0.25, 0.3) is 0 Å². The molecule has 1 N–H and O–H groups in total. The van der Waals surface area contributed by atoms with Crippen LogP contribution in [0.4, 0.5) is 19.0 Å². The predicted molar refractivity (Wildman–Crippen MR) is 155 cm³/mol. The van der Waals surface area contributed by atoms with Crippen LogP contribution in [0.3, 0.4) is 0 Å². The summed E-state index contributed by atoms with van der Waals surface area (Å²) in [4.78, 5) is 19.8. The Kier molecular flexibility index (Phi) is 9.38. The van der Waals surface area contributed by atoms with Crippen LogP contribution in [0.5, 0.6) is 0 Å². The number of anilines is 1. The van der Waals surface area contributed by atoms with E-state index in [1.165, 1.54) is 18.3 Å². The first kappa shape index (κ1) is 31.0. The van der Waals surface area contributed by atoms with Crippen molar-refractivity contribution in [1.82, 2.24) is 10.3 Å². The highest BCUT2D eigenvalue weighted by molar-refractivity contribution is 7.91. The molecule has 1 aromatic heterocycles. The topological polar surface area (TPSA) is 97.8 Å². The van der Waals surface area contributed by atoms with E-state index in [0.717, 1.165) is 36.1 Å². The number of rotatable bonds is 10. The minimum atomic E-state index is -4.38. The monoisotopic (exact) mass is 617 g/mol. The highest BCUT2D eigenvalue weighted by atomic mass is 32.2. The normalized spacial score (nSPS) is 19.6. The van der Waals surface area contributed by atoms with E-state index in [4.69, 9.17) is 9.47 Å². The quantitative estimate of drug-likeness (QED) is 0.342. The third kappa shape index (κ3) is 7.54. The van der Waals surface area contributed by atoms with Crippen molar-refractivity contribution < 1.29 is 35.9 Å². The molecule has 2 aliphatic rings. The Morgan fingerprint density at radius 3 is 2.35 bits per heavy atom. The summed E-state index contributed by atoms with van der Waals surface area (Å²) in [6, 6.07) is 15.2. The maximum Gasteiger partial charge on any atom is 0.416 e. The molecule has 2 aromatic carbocycles. The molecule has 5 rings (SSSR count). The van der Waals surface area contributed by atoms with Crippen LogP contribution < -0.4 is 10.2 Å². The van der Waals surface area contributed by atoms with Crippen LogP contribution in [0.1, 0.15) is 52.7 Å². The Labute approximate surface area is 249 Å². The van der Waals surface area contributed by atoms with Gasteiger partial charge in [-0.25, -0.2) is 13.4 Å². The average molecular weight is 618 g/mol. The number of hydrogen-bond donors (Lipinski definition) is 1. The molecule has 12 heteroatoms. The SMILES string of the molecule is CCS(=O)(=O)c1ccc(CNC(=O)c2ccc(N3CC(c4ccc(C(F)(F)F)cc4)CC[C@H]3COC3COC3)nc2)cc1. The number of alkyl halides is 3. The summed E-state index contributed by atoms with van der Waals surface area (Å²) in [5.74, 6) is 0.353. The molecule has 2 saturated heterocycles. The molecule has 43 heavy (non-hydrogen) atoms. The number of nitrogens with one attached hydrogen (secondary N) is 1. The Hall–Kier alpha value is -3.48. The van der Waals surface area contributed by atoms with E-state index in [2.05, 4.69) is 15.2 Å². The van der Waals surface area contributed by atoms with E-state index in [0.29, 0.717) is 37.7 Å². The van der Waals surface area contributed by atoms with Gasteiger partial charge in [-0.05, 0) is 60.4 Å². The molecule has 1 amide bonds.